The average Bonchev–Trinajstić information content (AvgIpc) is 2.45. The van der Waals surface area contributed by atoms with Crippen LogP contribution in [0.2, 0.25) is 5.02 Å². The fourth-order valence-corrected chi connectivity index (χ4v) is 2.01. The van der Waals surface area contributed by atoms with Gasteiger partial charge in [0.25, 0.3) is 5.91 Å². The first kappa shape index (κ1) is 15.1. The van der Waals surface area contributed by atoms with Crippen molar-refractivity contribution in [3.63, 3.8) is 0 Å². The Bertz CT molecular complexity index is 671. The van der Waals surface area contributed by atoms with Crippen LogP contribution < -0.4 is 10.6 Å². The maximum Gasteiger partial charge on any atom is 0.251 e. The standard InChI is InChI=1S/C16H15ClN2O2/c1-11-4-2-7-14(8-11)19-15(20)10-18-16(21)12-5-3-6-13(17)9-12/h2-9H,10H2,1H3,(H,18,21)(H,19,20). The van der Waals surface area contributed by atoms with Crippen molar-refractivity contribution in [2.45, 2.75) is 6.92 Å². The van der Waals surface area contributed by atoms with Crippen molar-refractivity contribution in [2.75, 3.05) is 11.9 Å². The molecular weight excluding hydrogens is 288 g/mol. The van der Waals surface area contributed by atoms with Crippen LogP contribution in [0.4, 0.5) is 5.69 Å². The summed E-state index contributed by atoms with van der Waals surface area (Å²) in [5.74, 6) is -0.618. The molecule has 2 amide bonds. The van der Waals surface area contributed by atoms with E-state index in [-0.39, 0.29) is 18.4 Å². The highest BCUT2D eigenvalue weighted by atomic mass is 35.5. The number of halogens is 1. The van der Waals surface area contributed by atoms with Crippen LogP contribution in [-0.4, -0.2) is 18.4 Å². The zero-order valence-corrected chi connectivity index (χ0v) is 12.3. The molecule has 21 heavy (non-hydrogen) atoms. The molecule has 2 rings (SSSR count). The fourth-order valence-electron chi connectivity index (χ4n) is 1.82. The van der Waals surface area contributed by atoms with Crippen molar-refractivity contribution in [1.82, 2.24) is 5.32 Å². The Morgan fingerprint density at radius 2 is 1.86 bits per heavy atom. The molecule has 2 aromatic rings. The SMILES string of the molecule is Cc1cccc(NC(=O)CNC(=O)c2cccc(Cl)c2)c1. The lowest BCUT2D eigenvalue weighted by atomic mass is 10.2. The van der Waals surface area contributed by atoms with Gasteiger partial charge in [0, 0.05) is 16.3 Å². The van der Waals surface area contributed by atoms with E-state index in [4.69, 9.17) is 11.6 Å². The summed E-state index contributed by atoms with van der Waals surface area (Å²) in [6.07, 6.45) is 0. The van der Waals surface area contributed by atoms with E-state index in [1.54, 1.807) is 30.3 Å². The zero-order chi connectivity index (χ0) is 15.2. The van der Waals surface area contributed by atoms with Gasteiger partial charge in [-0.1, -0.05) is 29.8 Å². The summed E-state index contributed by atoms with van der Waals surface area (Å²) in [4.78, 5) is 23.6. The van der Waals surface area contributed by atoms with Crippen molar-refractivity contribution in [1.29, 1.82) is 0 Å². The average molecular weight is 303 g/mol. The van der Waals surface area contributed by atoms with Gasteiger partial charge < -0.3 is 10.6 Å². The maximum absolute atomic E-state index is 11.9. The molecule has 0 bridgehead atoms. The third-order valence-electron chi connectivity index (χ3n) is 2.80. The van der Waals surface area contributed by atoms with Crippen LogP contribution in [0.25, 0.3) is 0 Å². The van der Waals surface area contributed by atoms with Gasteiger partial charge in [0.05, 0.1) is 6.54 Å². The number of hydrogen-bond acceptors (Lipinski definition) is 2. The number of amides is 2. The van der Waals surface area contributed by atoms with Crippen LogP contribution in [0.3, 0.4) is 0 Å². The lowest BCUT2D eigenvalue weighted by Gasteiger charge is -2.07. The summed E-state index contributed by atoms with van der Waals surface area (Å²) in [5, 5.41) is 5.75. The quantitative estimate of drug-likeness (QED) is 0.912. The van der Waals surface area contributed by atoms with Crippen molar-refractivity contribution in [3.8, 4) is 0 Å². The molecule has 2 aromatic carbocycles. The zero-order valence-electron chi connectivity index (χ0n) is 11.5. The smallest absolute Gasteiger partial charge is 0.251 e. The lowest BCUT2D eigenvalue weighted by molar-refractivity contribution is -0.115. The van der Waals surface area contributed by atoms with E-state index >= 15 is 0 Å². The first-order chi connectivity index (χ1) is 10.0. The molecule has 0 aliphatic heterocycles. The summed E-state index contributed by atoms with van der Waals surface area (Å²) in [5.41, 5.74) is 2.18. The summed E-state index contributed by atoms with van der Waals surface area (Å²) in [7, 11) is 0. The summed E-state index contributed by atoms with van der Waals surface area (Å²) in [6, 6.07) is 14.0. The molecule has 0 unspecified atom stereocenters. The number of rotatable bonds is 4. The first-order valence-corrected chi connectivity index (χ1v) is 6.83. The lowest BCUT2D eigenvalue weighted by Crippen LogP contribution is -2.32. The molecule has 108 valence electrons. The van der Waals surface area contributed by atoms with E-state index in [1.165, 1.54) is 0 Å². The van der Waals surface area contributed by atoms with E-state index in [0.29, 0.717) is 16.3 Å². The third kappa shape index (κ3) is 4.61. The van der Waals surface area contributed by atoms with E-state index in [1.807, 2.05) is 25.1 Å². The number of hydrogen-bond donors (Lipinski definition) is 2. The number of carbonyl (C=O) groups is 2. The number of nitrogens with one attached hydrogen (secondary N) is 2. The second-order valence-electron chi connectivity index (χ2n) is 4.61. The minimum absolute atomic E-state index is 0.0979. The molecule has 0 saturated carbocycles. The van der Waals surface area contributed by atoms with Crippen molar-refractivity contribution >= 4 is 29.1 Å². The minimum Gasteiger partial charge on any atom is -0.343 e. The summed E-state index contributed by atoms with van der Waals surface area (Å²) >= 11 is 5.81. The predicted octanol–water partition coefficient (Wildman–Crippen LogP) is 3.02. The molecule has 0 radical (unpaired) electrons. The topological polar surface area (TPSA) is 58.2 Å². The second kappa shape index (κ2) is 6.90. The van der Waals surface area contributed by atoms with E-state index in [2.05, 4.69) is 10.6 Å². The first-order valence-electron chi connectivity index (χ1n) is 6.45. The molecule has 5 heteroatoms. The molecule has 0 aliphatic rings. The third-order valence-corrected chi connectivity index (χ3v) is 3.03. The molecule has 4 nitrogen and oxygen atoms in total. The maximum atomic E-state index is 11.9. The van der Waals surface area contributed by atoms with Crippen LogP contribution in [0.15, 0.2) is 48.5 Å². The molecule has 0 aromatic heterocycles. The Kier molecular flexibility index (Phi) is 4.95. The largest absolute Gasteiger partial charge is 0.343 e. The van der Waals surface area contributed by atoms with Gasteiger partial charge in [-0.25, -0.2) is 0 Å². The molecule has 0 fully saturated rings. The van der Waals surface area contributed by atoms with Gasteiger partial charge in [-0.3, -0.25) is 9.59 Å². The summed E-state index contributed by atoms with van der Waals surface area (Å²) in [6.45, 7) is 1.84. The second-order valence-corrected chi connectivity index (χ2v) is 5.05. The molecule has 0 saturated heterocycles. The highest BCUT2D eigenvalue weighted by molar-refractivity contribution is 6.31. The highest BCUT2D eigenvalue weighted by Gasteiger charge is 2.08. The normalized spacial score (nSPS) is 10.0. The Labute approximate surface area is 128 Å². The van der Waals surface area contributed by atoms with E-state index in [9.17, 15) is 9.59 Å². The molecule has 0 heterocycles. The monoisotopic (exact) mass is 302 g/mol. The van der Waals surface area contributed by atoms with E-state index in [0.717, 1.165) is 5.56 Å². The van der Waals surface area contributed by atoms with Gasteiger partial charge in [-0.2, -0.15) is 0 Å². The van der Waals surface area contributed by atoms with Gasteiger partial charge in [0.1, 0.15) is 0 Å². The van der Waals surface area contributed by atoms with Crippen molar-refractivity contribution in [2.24, 2.45) is 0 Å². The number of anilines is 1. The molecular formula is C16H15ClN2O2. The Morgan fingerprint density at radius 1 is 1.10 bits per heavy atom. The van der Waals surface area contributed by atoms with Crippen LogP contribution in [0.1, 0.15) is 15.9 Å². The number of aryl methyl sites for hydroxylation is 1. The molecule has 0 spiro atoms. The highest BCUT2D eigenvalue weighted by Crippen LogP contribution is 2.11. The number of benzene rings is 2. The Morgan fingerprint density at radius 3 is 2.57 bits per heavy atom. The molecule has 0 aliphatic carbocycles. The number of carbonyl (C=O) groups excluding carboxylic acids is 2. The van der Waals surface area contributed by atoms with Gasteiger partial charge in [-0.05, 0) is 42.8 Å². The van der Waals surface area contributed by atoms with E-state index < -0.39 is 0 Å². The fraction of sp³-hybridized carbons (Fsp3) is 0.125. The van der Waals surface area contributed by atoms with Crippen molar-refractivity contribution < 1.29 is 9.59 Å². The predicted molar refractivity (Wildman–Crippen MR) is 83.6 cm³/mol. The summed E-state index contributed by atoms with van der Waals surface area (Å²) < 4.78 is 0. The van der Waals surface area contributed by atoms with Gasteiger partial charge >= 0.3 is 0 Å². The Balaban J connectivity index is 1.88. The van der Waals surface area contributed by atoms with Gasteiger partial charge in [0.2, 0.25) is 5.91 Å². The minimum atomic E-state index is -0.336. The van der Waals surface area contributed by atoms with Gasteiger partial charge in [0.15, 0.2) is 0 Å². The molecule has 2 N–H and O–H groups in total. The molecule has 0 atom stereocenters. The van der Waals surface area contributed by atoms with Crippen LogP contribution >= 0.6 is 11.6 Å². The van der Waals surface area contributed by atoms with Crippen LogP contribution in [-0.2, 0) is 4.79 Å². The van der Waals surface area contributed by atoms with Crippen LogP contribution in [0, 0.1) is 6.92 Å². The van der Waals surface area contributed by atoms with Crippen molar-refractivity contribution in [3.05, 3.63) is 64.7 Å². The Hall–Kier alpha value is -2.33. The van der Waals surface area contributed by atoms with Crippen LogP contribution in [0.5, 0.6) is 0 Å². The van der Waals surface area contributed by atoms with Gasteiger partial charge in [-0.15, -0.1) is 0 Å².